The number of likely N-dealkylation sites (tertiary alicyclic amines) is 1. The van der Waals surface area contributed by atoms with Gasteiger partial charge in [0.2, 0.25) is 0 Å². The number of hydrogen-bond acceptors (Lipinski definition) is 4. The highest BCUT2D eigenvalue weighted by Crippen LogP contribution is 2.39. The van der Waals surface area contributed by atoms with Gasteiger partial charge in [0, 0.05) is 51.2 Å². The predicted octanol–water partition coefficient (Wildman–Crippen LogP) is 3.79. The van der Waals surface area contributed by atoms with Gasteiger partial charge >= 0.3 is 6.18 Å². The third kappa shape index (κ3) is 5.93. The van der Waals surface area contributed by atoms with Crippen molar-refractivity contribution in [1.82, 2.24) is 15.2 Å². The predicted molar refractivity (Wildman–Crippen MR) is 111 cm³/mol. The number of nitrogens with one attached hydrogen (secondary N) is 1. The van der Waals surface area contributed by atoms with Crippen LogP contribution in [0.15, 0.2) is 10.4 Å². The molecule has 0 saturated carbocycles. The molecule has 0 aromatic carbocycles. The van der Waals surface area contributed by atoms with Crippen molar-refractivity contribution in [2.45, 2.75) is 38.8 Å². The van der Waals surface area contributed by atoms with E-state index in [9.17, 15) is 13.2 Å². The molecule has 0 bridgehead atoms. The van der Waals surface area contributed by atoms with Crippen molar-refractivity contribution in [2.75, 3.05) is 39.4 Å². The SMILES string of the molecule is CCNC(=NCCc1nc(C(F)(F)F)cs1)N1CCC2(CCOCC2)C1.I. The number of aromatic nitrogens is 1. The zero-order chi connectivity index (χ0) is 18.6. The van der Waals surface area contributed by atoms with Gasteiger partial charge in [0.1, 0.15) is 0 Å². The summed E-state index contributed by atoms with van der Waals surface area (Å²) in [6, 6.07) is 0. The fourth-order valence-electron chi connectivity index (χ4n) is 3.57. The number of hydrogen-bond donors (Lipinski definition) is 1. The van der Waals surface area contributed by atoms with E-state index in [0.29, 0.717) is 23.4 Å². The van der Waals surface area contributed by atoms with Gasteiger partial charge in [0.25, 0.3) is 0 Å². The van der Waals surface area contributed by atoms with Gasteiger partial charge in [-0.05, 0) is 31.6 Å². The number of aliphatic imine (C=N–C) groups is 1. The van der Waals surface area contributed by atoms with Gasteiger partial charge in [0.15, 0.2) is 11.7 Å². The number of nitrogens with zero attached hydrogens (tertiary/aromatic N) is 3. The van der Waals surface area contributed by atoms with Crippen molar-refractivity contribution < 1.29 is 17.9 Å². The summed E-state index contributed by atoms with van der Waals surface area (Å²) >= 11 is 1.04. The molecule has 2 aliphatic rings. The molecule has 3 rings (SSSR count). The fourth-order valence-corrected chi connectivity index (χ4v) is 4.36. The van der Waals surface area contributed by atoms with E-state index in [4.69, 9.17) is 4.74 Å². The summed E-state index contributed by atoms with van der Waals surface area (Å²) < 4.78 is 43.4. The van der Waals surface area contributed by atoms with Gasteiger partial charge in [-0.15, -0.1) is 35.3 Å². The van der Waals surface area contributed by atoms with Gasteiger partial charge in [-0.2, -0.15) is 13.2 Å². The van der Waals surface area contributed by atoms with E-state index in [0.717, 1.165) is 74.8 Å². The number of thiazole rings is 1. The smallest absolute Gasteiger partial charge is 0.381 e. The number of rotatable bonds is 4. The summed E-state index contributed by atoms with van der Waals surface area (Å²) in [7, 11) is 0. The molecule has 0 radical (unpaired) electrons. The van der Waals surface area contributed by atoms with E-state index < -0.39 is 11.9 Å². The van der Waals surface area contributed by atoms with Gasteiger partial charge in [-0.25, -0.2) is 4.98 Å². The second kappa shape index (κ2) is 9.73. The summed E-state index contributed by atoms with van der Waals surface area (Å²) in [4.78, 5) is 10.6. The van der Waals surface area contributed by atoms with Crippen molar-refractivity contribution in [3.63, 3.8) is 0 Å². The minimum absolute atomic E-state index is 0. The normalized spacial score (nSPS) is 20.0. The highest BCUT2D eigenvalue weighted by atomic mass is 127. The van der Waals surface area contributed by atoms with Crippen molar-refractivity contribution >= 4 is 41.3 Å². The lowest BCUT2D eigenvalue weighted by molar-refractivity contribution is -0.140. The maximum absolute atomic E-state index is 12.6. The molecule has 1 N–H and O–H groups in total. The second-order valence-electron chi connectivity index (χ2n) is 6.89. The zero-order valence-corrected chi connectivity index (χ0v) is 18.5. The maximum atomic E-state index is 12.6. The molecular formula is C17H26F3IN4OS. The third-order valence-electron chi connectivity index (χ3n) is 5.06. The molecular weight excluding hydrogens is 492 g/mol. The molecule has 2 saturated heterocycles. The van der Waals surface area contributed by atoms with Crippen molar-refractivity contribution in [3.05, 3.63) is 16.1 Å². The Hall–Kier alpha value is -0.620. The molecule has 0 unspecified atom stereocenters. The Balaban J connectivity index is 0.00000261. The number of guanidine groups is 1. The highest BCUT2D eigenvalue weighted by Gasteiger charge is 2.40. The third-order valence-corrected chi connectivity index (χ3v) is 5.96. The van der Waals surface area contributed by atoms with Gasteiger partial charge in [-0.1, -0.05) is 0 Å². The lowest BCUT2D eigenvalue weighted by Gasteiger charge is -2.33. The first-order chi connectivity index (χ1) is 12.4. The summed E-state index contributed by atoms with van der Waals surface area (Å²) in [5, 5.41) is 4.85. The topological polar surface area (TPSA) is 49.8 Å². The first kappa shape index (κ1) is 22.7. The Morgan fingerprint density at radius 3 is 2.74 bits per heavy atom. The standard InChI is InChI=1S/C17H25F3N4OS.HI/c1-2-21-15(24-8-4-16(12-24)5-9-25-10-6-16)22-7-3-14-23-13(11-26-14)17(18,19)20;/h11H,2-10,12H2,1H3,(H,21,22);1H. The molecule has 1 aromatic heterocycles. The Bertz CT molecular complexity index is 632. The molecule has 27 heavy (non-hydrogen) atoms. The van der Waals surface area contributed by atoms with Gasteiger partial charge < -0.3 is 15.0 Å². The molecule has 3 heterocycles. The molecule has 2 fully saturated rings. The highest BCUT2D eigenvalue weighted by molar-refractivity contribution is 14.0. The van der Waals surface area contributed by atoms with Crippen LogP contribution in [0.4, 0.5) is 13.2 Å². The lowest BCUT2D eigenvalue weighted by Crippen LogP contribution is -2.42. The minimum atomic E-state index is -4.37. The molecule has 2 aliphatic heterocycles. The average molecular weight is 518 g/mol. The summed E-state index contributed by atoms with van der Waals surface area (Å²) in [5.41, 5.74) is -0.486. The number of alkyl halides is 3. The Morgan fingerprint density at radius 1 is 1.37 bits per heavy atom. The zero-order valence-electron chi connectivity index (χ0n) is 15.3. The quantitative estimate of drug-likeness (QED) is 0.375. The Morgan fingerprint density at radius 2 is 2.11 bits per heavy atom. The first-order valence-corrected chi connectivity index (χ1v) is 9.92. The van der Waals surface area contributed by atoms with E-state index in [1.54, 1.807) is 0 Å². The van der Waals surface area contributed by atoms with E-state index in [-0.39, 0.29) is 24.0 Å². The monoisotopic (exact) mass is 518 g/mol. The van der Waals surface area contributed by atoms with Crippen molar-refractivity contribution in [1.29, 1.82) is 0 Å². The number of ether oxygens (including phenoxy) is 1. The van der Waals surface area contributed by atoms with E-state index in [1.165, 1.54) is 0 Å². The molecule has 1 aromatic rings. The summed E-state index contributed by atoms with van der Waals surface area (Å²) in [6.45, 7) is 6.80. The van der Waals surface area contributed by atoms with E-state index >= 15 is 0 Å². The second-order valence-corrected chi connectivity index (χ2v) is 7.84. The fraction of sp³-hybridized carbons (Fsp3) is 0.765. The average Bonchev–Trinajstić information content (AvgIpc) is 3.22. The van der Waals surface area contributed by atoms with Gasteiger partial charge in [0.05, 0.1) is 5.01 Å². The summed E-state index contributed by atoms with van der Waals surface area (Å²) in [5.74, 6) is 0.850. The van der Waals surface area contributed by atoms with E-state index in [1.807, 2.05) is 6.92 Å². The van der Waals surface area contributed by atoms with Crippen LogP contribution in [-0.4, -0.2) is 55.2 Å². The maximum Gasteiger partial charge on any atom is 0.434 e. The molecule has 1 spiro atoms. The van der Waals surface area contributed by atoms with E-state index in [2.05, 4.69) is 20.2 Å². The van der Waals surface area contributed by atoms with Crippen LogP contribution in [0, 0.1) is 5.41 Å². The summed E-state index contributed by atoms with van der Waals surface area (Å²) in [6.07, 6.45) is -0.643. The van der Waals surface area contributed by atoms with Crippen LogP contribution in [0.1, 0.15) is 36.9 Å². The number of halogens is 4. The van der Waals surface area contributed by atoms with Crippen molar-refractivity contribution in [2.24, 2.45) is 10.4 Å². The minimum Gasteiger partial charge on any atom is -0.381 e. The lowest BCUT2D eigenvalue weighted by atomic mass is 9.80. The van der Waals surface area contributed by atoms with Crippen molar-refractivity contribution in [3.8, 4) is 0 Å². The largest absolute Gasteiger partial charge is 0.434 e. The van der Waals surface area contributed by atoms with Crippen LogP contribution in [0.25, 0.3) is 0 Å². The molecule has 10 heteroatoms. The Labute approximate surface area is 178 Å². The van der Waals surface area contributed by atoms with Crippen LogP contribution < -0.4 is 5.32 Å². The van der Waals surface area contributed by atoms with Crippen LogP contribution in [0.5, 0.6) is 0 Å². The van der Waals surface area contributed by atoms with Crippen LogP contribution >= 0.6 is 35.3 Å². The van der Waals surface area contributed by atoms with Crippen LogP contribution in [-0.2, 0) is 17.3 Å². The molecule has 154 valence electrons. The Kier molecular flexibility index (Phi) is 8.17. The molecule has 5 nitrogen and oxygen atoms in total. The first-order valence-electron chi connectivity index (χ1n) is 9.04. The molecule has 0 atom stereocenters. The van der Waals surface area contributed by atoms with Crippen LogP contribution in [0.2, 0.25) is 0 Å². The van der Waals surface area contributed by atoms with Gasteiger partial charge in [-0.3, -0.25) is 4.99 Å². The van der Waals surface area contributed by atoms with Crippen LogP contribution in [0.3, 0.4) is 0 Å². The molecule has 0 amide bonds. The molecule has 0 aliphatic carbocycles.